The van der Waals surface area contributed by atoms with Gasteiger partial charge in [-0.25, -0.2) is 9.78 Å². The summed E-state index contributed by atoms with van der Waals surface area (Å²) in [6, 6.07) is 2.23. The lowest BCUT2D eigenvalue weighted by molar-refractivity contribution is -0.141. The van der Waals surface area contributed by atoms with Gasteiger partial charge in [0, 0.05) is 24.5 Å². The number of nitrogens with two attached hydrogens (primary N) is 1. The second-order valence-electron chi connectivity index (χ2n) is 7.05. The van der Waals surface area contributed by atoms with Crippen LogP contribution in [0.5, 0.6) is 0 Å². The van der Waals surface area contributed by atoms with E-state index < -0.39 is 23.6 Å². The van der Waals surface area contributed by atoms with Crippen molar-refractivity contribution < 1.29 is 22.7 Å². The largest absolute Gasteiger partial charge is 0.444 e. The molecule has 154 valence electrons. The number of ether oxygens (including phenoxy) is 1. The first-order chi connectivity index (χ1) is 12.8. The number of alkyl carbamates (subject to hydrolysis) is 1. The topological polar surface area (TPSA) is 89.6 Å². The third-order valence-electron chi connectivity index (χ3n) is 3.24. The Hall–Kier alpha value is -2.84. The molecule has 0 fully saturated rings. The minimum absolute atomic E-state index is 0.0805. The van der Waals surface area contributed by atoms with Crippen LogP contribution in [-0.2, 0) is 17.5 Å². The number of nitrogens with zero attached hydrogens (tertiary/aromatic N) is 2. The van der Waals surface area contributed by atoms with E-state index in [2.05, 4.69) is 21.9 Å². The third kappa shape index (κ3) is 7.81. The highest BCUT2D eigenvalue weighted by Gasteiger charge is 2.33. The van der Waals surface area contributed by atoms with E-state index in [4.69, 9.17) is 10.5 Å². The van der Waals surface area contributed by atoms with Crippen LogP contribution in [0.15, 0.2) is 35.5 Å². The Kier molecular flexibility index (Phi) is 7.78. The summed E-state index contributed by atoms with van der Waals surface area (Å²) in [4.78, 5) is 19.5. The predicted octanol–water partition coefficient (Wildman–Crippen LogP) is 4.07. The lowest BCUT2D eigenvalue weighted by Crippen LogP contribution is -2.33. The molecule has 1 amide bonds. The van der Waals surface area contributed by atoms with Gasteiger partial charge in [-0.2, -0.15) is 13.2 Å². The molecule has 0 saturated heterocycles. The van der Waals surface area contributed by atoms with E-state index in [0.29, 0.717) is 16.7 Å². The van der Waals surface area contributed by atoms with Crippen LogP contribution in [-0.4, -0.2) is 29.4 Å². The van der Waals surface area contributed by atoms with Crippen molar-refractivity contribution in [1.82, 2.24) is 10.3 Å². The summed E-state index contributed by atoms with van der Waals surface area (Å²) in [5.74, 6) is 0. The number of aromatic nitrogens is 1. The summed E-state index contributed by atoms with van der Waals surface area (Å²) in [6.45, 7) is 10.6. The maximum absolute atomic E-state index is 12.8. The number of carbonyl (C=O) groups excluding carboxylic acids is 1. The van der Waals surface area contributed by atoms with Gasteiger partial charge in [-0.3, -0.25) is 4.99 Å². The number of allylic oxidation sites excluding steroid dienone is 1. The second kappa shape index (κ2) is 9.38. The Labute approximate surface area is 162 Å². The molecule has 0 aliphatic carbocycles. The molecule has 1 aromatic rings. The molecule has 1 rings (SSSR count). The first-order valence-electron chi connectivity index (χ1n) is 8.44. The Morgan fingerprint density at radius 2 is 2.00 bits per heavy atom. The fourth-order valence-electron chi connectivity index (χ4n) is 2.04. The molecule has 0 aliphatic heterocycles. The summed E-state index contributed by atoms with van der Waals surface area (Å²) in [5, 5.41) is 2.54. The zero-order valence-electron chi connectivity index (χ0n) is 16.4. The first kappa shape index (κ1) is 23.2. The van der Waals surface area contributed by atoms with Crippen molar-refractivity contribution in [2.24, 2.45) is 10.7 Å². The van der Waals surface area contributed by atoms with Crippen molar-refractivity contribution in [2.45, 2.75) is 46.0 Å². The molecule has 1 aromatic heterocycles. The van der Waals surface area contributed by atoms with E-state index in [0.717, 1.165) is 6.07 Å². The highest BCUT2D eigenvalue weighted by molar-refractivity contribution is 5.80. The number of hydrogen-bond acceptors (Lipinski definition) is 5. The van der Waals surface area contributed by atoms with Crippen LogP contribution in [0.1, 0.15) is 44.6 Å². The van der Waals surface area contributed by atoms with Crippen molar-refractivity contribution in [3.05, 3.63) is 47.4 Å². The van der Waals surface area contributed by atoms with Crippen LogP contribution in [0.3, 0.4) is 0 Å². The molecule has 0 atom stereocenters. The Morgan fingerprint density at radius 3 is 2.50 bits per heavy atom. The van der Waals surface area contributed by atoms with Gasteiger partial charge in [-0.05, 0) is 44.9 Å². The van der Waals surface area contributed by atoms with Gasteiger partial charge in [0.05, 0.1) is 12.2 Å². The van der Waals surface area contributed by atoms with Gasteiger partial charge in [0.2, 0.25) is 0 Å². The summed E-state index contributed by atoms with van der Waals surface area (Å²) in [7, 11) is 0. The summed E-state index contributed by atoms with van der Waals surface area (Å²) < 4.78 is 43.6. The van der Waals surface area contributed by atoms with E-state index in [-0.39, 0.29) is 18.8 Å². The van der Waals surface area contributed by atoms with Gasteiger partial charge in [-0.15, -0.1) is 0 Å². The highest BCUT2D eigenvalue weighted by atomic mass is 19.4. The maximum Gasteiger partial charge on any atom is 0.433 e. The fourth-order valence-corrected chi connectivity index (χ4v) is 2.04. The Morgan fingerprint density at radius 1 is 1.36 bits per heavy atom. The third-order valence-corrected chi connectivity index (χ3v) is 3.24. The van der Waals surface area contributed by atoms with Crippen LogP contribution in [0.4, 0.5) is 18.0 Å². The molecule has 0 saturated carbocycles. The van der Waals surface area contributed by atoms with Gasteiger partial charge in [-0.1, -0.05) is 12.6 Å². The number of carbonyl (C=O) groups is 1. The zero-order chi connectivity index (χ0) is 21.5. The lowest BCUT2D eigenvalue weighted by atomic mass is 10.1. The van der Waals surface area contributed by atoms with Crippen LogP contribution in [0, 0.1) is 0 Å². The number of aliphatic imine (C=N–C) groups is 1. The standard InChI is InChI=1S/C19H25F3N4O2/c1-12(2)16-14(6-7-15(26-16)19(20,21)22)11-24-9-13(8-23)10-25-17(27)28-18(3,4)5/h6-9H,1,10-11,23H2,2-5H3,(H,25,27). The lowest BCUT2D eigenvalue weighted by Gasteiger charge is -2.19. The number of alkyl halides is 3. The highest BCUT2D eigenvalue weighted by Crippen LogP contribution is 2.29. The number of halogens is 3. The number of amides is 1. The minimum Gasteiger partial charge on any atom is -0.444 e. The molecule has 28 heavy (non-hydrogen) atoms. The molecular formula is C19H25F3N4O2. The van der Waals surface area contributed by atoms with Crippen molar-refractivity contribution in [1.29, 1.82) is 0 Å². The molecule has 6 nitrogen and oxygen atoms in total. The quantitative estimate of drug-likeness (QED) is 0.707. The normalized spacial score (nSPS) is 12.9. The summed E-state index contributed by atoms with van der Waals surface area (Å²) in [5.41, 5.74) is 5.45. The maximum atomic E-state index is 12.8. The molecule has 1 heterocycles. The first-order valence-corrected chi connectivity index (χ1v) is 8.44. The number of hydrogen-bond donors (Lipinski definition) is 2. The summed E-state index contributed by atoms with van der Waals surface area (Å²) >= 11 is 0. The summed E-state index contributed by atoms with van der Waals surface area (Å²) in [6.07, 6.45) is -2.44. The Bertz CT molecular complexity index is 778. The number of rotatable bonds is 6. The van der Waals surface area contributed by atoms with Gasteiger partial charge in [0.1, 0.15) is 11.3 Å². The molecule has 0 aromatic carbocycles. The van der Waals surface area contributed by atoms with Gasteiger partial charge < -0.3 is 15.8 Å². The molecule has 0 spiro atoms. The van der Waals surface area contributed by atoms with Crippen LogP contribution in [0.25, 0.3) is 5.57 Å². The van der Waals surface area contributed by atoms with Crippen molar-refractivity contribution in [3.63, 3.8) is 0 Å². The van der Waals surface area contributed by atoms with E-state index in [1.54, 1.807) is 27.7 Å². The van der Waals surface area contributed by atoms with Crippen LogP contribution < -0.4 is 11.1 Å². The number of pyridine rings is 1. The molecule has 9 heteroatoms. The van der Waals surface area contributed by atoms with Crippen molar-refractivity contribution in [2.75, 3.05) is 6.54 Å². The SMILES string of the molecule is C=C(C)c1nc(C(F)(F)F)ccc1CN=CC(=CN)CNC(=O)OC(C)(C)C. The van der Waals surface area contributed by atoms with E-state index in [1.807, 2.05) is 0 Å². The second-order valence-corrected chi connectivity index (χ2v) is 7.05. The minimum atomic E-state index is -4.53. The van der Waals surface area contributed by atoms with E-state index >= 15 is 0 Å². The molecule has 0 radical (unpaired) electrons. The smallest absolute Gasteiger partial charge is 0.433 e. The number of nitrogens with one attached hydrogen (secondary N) is 1. The van der Waals surface area contributed by atoms with E-state index in [1.165, 1.54) is 18.5 Å². The average molecular weight is 398 g/mol. The monoisotopic (exact) mass is 398 g/mol. The average Bonchev–Trinajstić information content (AvgIpc) is 2.55. The van der Waals surface area contributed by atoms with Gasteiger partial charge in [0.25, 0.3) is 0 Å². The molecule has 0 bridgehead atoms. The van der Waals surface area contributed by atoms with Crippen LogP contribution in [0.2, 0.25) is 0 Å². The van der Waals surface area contributed by atoms with E-state index in [9.17, 15) is 18.0 Å². The van der Waals surface area contributed by atoms with Crippen LogP contribution >= 0.6 is 0 Å². The molecule has 0 unspecified atom stereocenters. The fraction of sp³-hybridized carbons (Fsp3) is 0.421. The van der Waals surface area contributed by atoms with Crippen molar-refractivity contribution >= 4 is 17.9 Å². The van der Waals surface area contributed by atoms with Gasteiger partial charge in [0.15, 0.2) is 0 Å². The van der Waals surface area contributed by atoms with Crippen molar-refractivity contribution in [3.8, 4) is 0 Å². The molecule has 3 N–H and O–H groups in total. The molecule has 0 aliphatic rings. The van der Waals surface area contributed by atoms with Gasteiger partial charge >= 0.3 is 12.3 Å². The predicted molar refractivity (Wildman–Crippen MR) is 103 cm³/mol. The molecular weight excluding hydrogens is 373 g/mol. The Balaban J connectivity index is 2.80. The zero-order valence-corrected chi connectivity index (χ0v) is 16.4.